The molecule has 0 saturated carbocycles. The molecule has 16 heteroatoms. The number of oxazole rings is 1. The van der Waals surface area contributed by atoms with Crippen LogP contribution < -0.4 is 16.0 Å². The highest BCUT2D eigenvalue weighted by Gasteiger charge is 2.45. The van der Waals surface area contributed by atoms with Crippen LogP contribution in [0.25, 0.3) is 22.2 Å². The highest BCUT2D eigenvalue weighted by molar-refractivity contribution is 7.13. The van der Waals surface area contributed by atoms with Gasteiger partial charge in [-0.3, -0.25) is 20.2 Å². The summed E-state index contributed by atoms with van der Waals surface area (Å²) in [5.41, 5.74) is 1.48. The van der Waals surface area contributed by atoms with Crippen LogP contribution in [0.4, 0.5) is 24.3 Å². The molecule has 5 aromatic rings. The first-order chi connectivity index (χ1) is 21.1. The number of rotatable bonds is 6. The molecule has 0 aliphatic carbocycles. The van der Waals surface area contributed by atoms with Crippen molar-refractivity contribution in [3.63, 3.8) is 0 Å². The molecule has 0 bridgehead atoms. The molecule has 3 heterocycles. The lowest BCUT2D eigenvalue weighted by Gasteiger charge is -2.29. The second-order valence-corrected chi connectivity index (χ2v) is 10.8. The van der Waals surface area contributed by atoms with Crippen molar-refractivity contribution in [2.45, 2.75) is 12.2 Å². The number of guanidine groups is 1. The van der Waals surface area contributed by atoms with Crippen LogP contribution in [0, 0.1) is 0 Å². The zero-order chi connectivity index (χ0) is 31.0. The molecule has 1 aliphatic heterocycles. The second kappa shape index (κ2) is 11.7. The maximum absolute atomic E-state index is 14.6. The predicted molar refractivity (Wildman–Crippen MR) is 160 cm³/mol. The summed E-state index contributed by atoms with van der Waals surface area (Å²) in [6, 6.07) is 14.3. The van der Waals surface area contributed by atoms with E-state index in [1.54, 1.807) is 42.5 Å². The van der Waals surface area contributed by atoms with E-state index < -0.39 is 35.4 Å². The molecule has 1 atom stereocenters. The molecular weight excluding hydrogens is 642 g/mol. The second-order valence-electron chi connectivity index (χ2n) is 9.19. The lowest BCUT2D eigenvalue weighted by atomic mass is 9.93. The number of aromatic nitrogens is 3. The molecule has 3 N–H and O–H groups in total. The van der Waals surface area contributed by atoms with Crippen molar-refractivity contribution in [2.75, 3.05) is 10.6 Å². The molecule has 2 aromatic heterocycles. The van der Waals surface area contributed by atoms with Gasteiger partial charge in [-0.1, -0.05) is 64.9 Å². The molecule has 3 aromatic carbocycles. The van der Waals surface area contributed by atoms with Gasteiger partial charge in [0.15, 0.2) is 11.9 Å². The lowest BCUT2D eigenvalue weighted by Crippen LogP contribution is -2.43. The number of hydrogen-bond acceptors (Lipinski definition) is 10. The molecule has 222 valence electrons. The van der Waals surface area contributed by atoms with Gasteiger partial charge in [-0.15, -0.1) is 10.2 Å². The number of carbonyl (C=O) groups is 2. The molecule has 6 rings (SSSR count). The van der Waals surface area contributed by atoms with Gasteiger partial charge in [-0.25, -0.2) is 4.99 Å². The largest absolute Gasteiger partial charge is 0.431 e. The van der Waals surface area contributed by atoms with Crippen molar-refractivity contribution in [1.29, 1.82) is 0 Å². The van der Waals surface area contributed by atoms with E-state index in [4.69, 9.17) is 27.6 Å². The Hall–Kier alpha value is -4.79. The summed E-state index contributed by atoms with van der Waals surface area (Å²) in [5.74, 6) is -1.51. The third-order valence-corrected chi connectivity index (χ3v) is 7.70. The van der Waals surface area contributed by atoms with Gasteiger partial charge < -0.3 is 9.73 Å². The van der Waals surface area contributed by atoms with Gasteiger partial charge in [0.1, 0.15) is 22.8 Å². The minimum atomic E-state index is -5.03. The number of hydrogen-bond donors (Lipinski definition) is 3. The maximum atomic E-state index is 14.6. The van der Waals surface area contributed by atoms with Crippen LogP contribution in [-0.4, -0.2) is 39.5 Å². The van der Waals surface area contributed by atoms with Gasteiger partial charge in [0.25, 0.3) is 5.91 Å². The number of allylic oxidation sites excluding steroid dienone is 1. The third-order valence-electron chi connectivity index (χ3n) is 6.42. The monoisotopic (exact) mass is 657 g/mol. The summed E-state index contributed by atoms with van der Waals surface area (Å²) in [6.45, 7) is 0. The van der Waals surface area contributed by atoms with E-state index in [1.165, 1.54) is 23.7 Å². The van der Waals surface area contributed by atoms with Crippen molar-refractivity contribution in [3.8, 4) is 11.1 Å². The Bertz CT molecular complexity index is 1940. The lowest BCUT2D eigenvalue weighted by molar-refractivity contribution is -0.116. The molecule has 1 aliphatic rings. The van der Waals surface area contributed by atoms with E-state index in [-0.39, 0.29) is 32.3 Å². The maximum Gasteiger partial charge on any atom is 0.431 e. The number of aldehydes is 1. The number of nitrogens with one attached hydrogen (secondary N) is 3. The number of aliphatic imine (C=N–C) groups is 1. The van der Waals surface area contributed by atoms with Crippen LogP contribution in [0.5, 0.6) is 0 Å². The van der Waals surface area contributed by atoms with Crippen LogP contribution in [-0.2, 0) is 4.79 Å². The summed E-state index contributed by atoms with van der Waals surface area (Å²) in [6.07, 6.45) is -4.43. The number of alkyl halides is 3. The summed E-state index contributed by atoms with van der Waals surface area (Å²) < 4.78 is 49.3. The first kappa shape index (κ1) is 29.3. The van der Waals surface area contributed by atoms with Crippen molar-refractivity contribution in [1.82, 2.24) is 20.5 Å². The molecule has 0 fully saturated rings. The standard InChI is InChI=1S/C28H16Cl2F3N7O3S/c29-17-8-6-13(9-15(17)11-41)14-5-7-16(18(30)10-14)22-21(24(42)38-27-40-34-12-44-27)23(28(31,32)33)37-25(36-22)39-26-35-19-3-1-2-4-20(19)43-26/h1-12,22H,(H,38,40,42)(H2,35,36,37,39). The molecule has 10 nitrogen and oxygen atoms in total. The average molecular weight is 658 g/mol. The first-order valence-corrected chi connectivity index (χ1v) is 14.1. The number of carbonyl (C=O) groups excluding carboxylic acids is 2. The number of para-hydroxylation sites is 2. The van der Waals surface area contributed by atoms with Crippen LogP contribution in [0.1, 0.15) is 22.0 Å². The Morgan fingerprint density at radius 3 is 2.52 bits per heavy atom. The van der Waals surface area contributed by atoms with Crippen LogP contribution in [0.3, 0.4) is 0 Å². The average Bonchev–Trinajstić information content (AvgIpc) is 3.66. The van der Waals surface area contributed by atoms with Gasteiger partial charge in [-0.05, 0) is 41.5 Å². The van der Waals surface area contributed by atoms with E-state index in [1.807, 2.05) is 0 Å². The summed E-state index contributed by atoms with van der Waals surface area (Å²) in [5, 5.41) is 14.7. The molecule has 1 amide bonds. The van der Waals surface area contributed by atoms with E-state index in [0.717, 1.165) is 11.3 Å². The van der Waals surface area contributed by atoms with Crippen LogP contribution in [0.2, 0.25) is 10.0 Å². The minimum Gasteiger partial charge on any atom is -0.423 e. The smallest absolute Gasteiger partial charge is 0.423 e. The van der Waals surface area contributed by atoms with Crippen LogP contribution >= 0.6 is 34.5 Å². The van der Waals surface area contributed by atoms with E-state index >= 15 is 0 Å². The fourth-order valence-corrected chi connectivity index (χ4v) is 5.35. The summed E-state index contributed by atoms with van der Waals surface area (Å²) >= 11 is 13.6. The highest BCUT2D eigenvalue weighted by Crippen LogP contribution is 2.41. The Morgan fingerprint density at radius 2 is 1.82 bits per heavy atom. The highest BCUT2D eigenvalue weighted by atomic mass is 35.5. The van der Waals surface area contributed by atoms with Gasteiger partial charge in [0, 0.05) is 16.1 Å². The number of fused-ring (bicyclic) bond motifs is 1. The first-order valence-electron chi connectivity index (χ1n) is 12.5. The topological polar surface area (TPSA) is 134 Å². The Labute approximate surface area is 259 Å². The predicted octanol–water partition coefficient (Wildman–Crippen LogP) is 7.03. The normalized spacial score (nSPS) is 15.1. The third kappa shape index (κ3) is 5.86. The van der Waals surface area contributed by atoms with Crippen molar-refractivity contribution < 1.29 is 27.2 Å². The van der Waals surface area contributed by atoms with Gasteiger partial charge in [0.05, 0.1) is 10.6 Å². The molecule has 1 unspecified atom stereocenters. The van der Waals surface area contributed by atoms with E-state index in [2.05, 4.69) is 36.1 Å². The van der Waals surface area contributed by atoms with Crippen molar-refractivity contribution >= 4 is 74.9 Å². The summed E-state index contributed by atoms with van der Waals surface area (Å²) in [4.78, 5) is 33.4. The zero-order valence-electron chi connectivity index (χ0n) is 21.8. The Kier molecular flexibility index (Phi) is 7.80. The number of benzene rings is 3. The fourth-order valence-electron chi connectivity index (χ4n) is 4.46. The number of halogens is 5. The number of amides is 1. The molecule has 0 radical (unpaired) electrons. The summed E-state index contributed by atoms with van der Waals surface area (Å²) in [7, 11) is 0. The quantitative estimate of drug-likeness (QED) is 0.166. The molecule has 44 heavy (non-hydrogen) atoms. The molecule has 0 spiro atoms. The van der Waals surface area contributed by atoms with Gasteiger partial charge in [0.2, 0.25) is 11.1 Å². The number of nitrogens with zero attached hydrogens (tertiary/aromatic N) is 4. The number of anilines is 2. The molecule has 0 saturated heterocycles. The van der Waals surface area contributed by atoms with Crippen LogP contribution in [0.15, 0.2) is 86.9 Å². The van der Waals surface area contributed by atoms with Crippen molar-refractivity contribution in [2.24, 2.45) is 4.99 Å². The molecular formula is C28H16Cl2F3N7O3S. The minimum absolute atomic E-state index is 0.00436. The van der Waals surface area contributed by atoms with Crippen molar-refractivity contribution in [3.05, 3.63) is 98.6 Å². The van der Waals surface area contributed by atoms with E-state index in [9.17, 15) is 22.8 Å². The van der Waals surface area contributed by atoms with Gasteiger partial charge in [-0.2, -0.15) is 18.2 Å². The Morgan fingerprint density at radius 1 is 1.05 bits per heavy atom. The van der Waals surface area contributed by atoms with Gasteiger partial charge >= 0.3 is 12.2 Å². The Balaban J connectivity index is 1.45. The van der Waals surface area contributed by atoms with E-state index in [0.29, 0.717) is 28.5 Å². The fraction of sp³-hybridized carbons (Fsp3) is 0.0714. The zero-order valence-corrected chi connectivity index (χ0v) is 24.1. The SMILES string of the molecule is O=Cc1cc(-c2ccc(C3N=C(Nc4nc5ccccc5o4)NC(C(F)(F)F)=C3C(=O)Nc3nncs3)c(Cl)c2)ccc1Cl.